The Labute approximate surface area is 65.4 Å². The number of carbonyl (C=O) groups excluding carboxylic acids is 1. The van der Waals surface area contributed by atoms with E-state index >= 15 is 0 Å². The Morgan fingerprint density at radius 1 is 1.18 bits per heavy atom. The largest absolute Gasteiger partial charge is 0.289 e. The van der Waals surface area contributed by atoms with Crippen LogP contribution in [0.5, 0.6) is 0 Å². The maximum atomic E-state index is 11.2. The first kappa shape index (κ1) is 6.35. The zero-order valence-electron chi connectivity index (χ0n) is 6.08. The summed E-state index contributed by atoms with van der Waals surface area (Å²) >= 11 is 0. The van der Waals surface area contributed by atoms with Crippen LogP contribution in [0, 0.1) is 0 Å². The summed E-state index contributed by atoms with van der Waals surface area (Å²) in [6, 6.07) is 0. The van der Waals surface area contributed by atoms with Gasteiger partial charge in [-0.1, -0.05) is 30.4 Å². The first-order valence-electron chi connectivity index (χ1n) is 3.67. The van der Waals surface area contributed by atoms with Gasteiger partial charge in [-0.3, -0.25) is 4.79 Å². The van der Waals surface area contributed by atoms with Gasteiger partial charge in [-0.25, -0.2) is 0 Å². The van der Waals surface area contributed by atoms with E-state index in [9.17, 15) is 4.79 Å². The fourth-order valence-corrected chi connectivity index (χ4v) is 1.32. The van der Waals surface area contributed by atoms with Gasteiger partial charge >= 0.3 is 0 Å². The average molecular weight is 144 g/mol. The zero-order valence-corrected chi connectivity index (χ0v) is 6.08. The highest BCUT2D eigenvalue weighted by Gasteiger charge is 2.14. The molecule has 0 aromatic heterocycles. The van der Waals surface area contributed by atoms with Gasteiger partial charge in [-0.05, 0) is 18.1 Å². The maximum absolute atomic E-state index is 11.2. The molecule has 0 radical (unpaired) electrons. The van der Waals surface area contributed by atoms with Gasteiger partial charge in [0, 0.05) is 5.57 Å². The Hall–Kier alpha value is -1.37. The predicted molar refractivity (Wildman–Crippen MR) is 44.1 cm³/mol. The van der Waals surface area contributed by atoms with Gasteiger partial charge in [0.15, 0.2) is 5.78 Å². The van der Waals surface area contributed by atoms with Crippen molar-refractivity contribution in [1.82, 2.24) is 0 Å². The minimum atomic E-state index is 0.131. The summed E-state index contributed by atoms with van der Waals surface area (Å²) < 4.78 is 0. The number of hydrogen-bond donors (Lipinski definition) is 0. The molecule has 0 N–H and O–H groups in total. The van der Waals surface area contributed by atoms with Gasteiger partial charge in [-0.2, -0.15) is 0 Å². The lowest BCUT2D eigenvalue weighted by Crippen LogP contribution is -2.06. The van der Waals surface area contributed by atoms with Crippen molar-refractivity contribution in [3.63, 3.8) is 0 Å². The maximum Gasteiger partial charge on any atom is 0.186 e. The summed E-state index contributed by atoms with van der Waals surface area (Å²) in [5, 5.41) is 0. The molecule has 2 rings (SSSR count). The second-order valence-corrected chi connectivity index (χ2v) is 2.63. The van der Waals surface area contributed by atoms with Crippen molar-refractivity contribution in [2.45, 2.75) is 6.42 Å². The minimum absolute atomic E-state index is 0.131. The van der Waals surface area contributed by atoms with E-state index < -0.39 is 0 Å². The first-order valence-corrected chi connectivity index (χ1v) is 3.67. The molecule has 0 aliphatic heterocycles. The quantitative estimate of drug-likeness (QED) is 0.507. The van der Waals surface area contributed by atoms with Crippen molar-refractivity contribution >= 4 is 5.78 Å². The van der Waals surface area contributed by atoms with Gasteiger partial charge in [0.1, 0.15) is 0 Å². The lowest BCUT2D eigenvalue weighted by molar-refractivity contribution is -0.111. The van der Waals surface area contributed by atoms with Gasteiger partial charge in [-0.15, -0.1) is 0 Å². The molecule has 0 saturated carbocycles. The molecule has 0 aromatic carbocycles. The van der Waals surface area contributed by atoms with E-state index in [4.69, 9.17) is 0 Å². The van der Waals surface area contributed by atoms with E-state index in [0.717, 1.165) is 17.6 Å². The lowest BCUT2D eigenvalue weighted by atomic mass is 9.91. The third kappa shape index (κ3) is 0.984. The second kappa shape index (κ2) is 2.35. The molecule has 0 atom stereocenters. The molecular weight excluding hydrogens is 136 g/mol. The van der Waals surface area contributed by atoms with Crippen LogP contribution >= 0.6 is 0 Å². The van der Waals surface area contributed by atoms with E-state index in [0.29, 0.717) is 0 Å². The summed E-state index contributed by atoms with van der Waals surface area (Å²) in [6.45, 7) is 0. The van der Waals surface area contributed by atoms with Crippen LogP contribution in [0.2, 0.25) is 0 Å². The summed E-state index contributed by atoms with van der Waals surface area (Å²) in [5.74, 6) is 0.131. The molecule has 0 fully saturated rings. The second-order valence-electron chi connectivity index (χ2n) is 2.63. The number of fused-ring (bicyclic) bond motifs is 1. The van der Waals surface area contributed by atoms with Crippen molar-refractivity contribution < 1.29 is 4.79 Å². The highest BCUT2D eigenvalue weighted by Crippen LogP contribution is 2.23. The Bertz CT molecular complexity index is 314. The van der Waals surface area contributed by atoms with Crippen molar-refractivity contribution in [1.29, 1.82) is 0 Å². The summed E-state index contributed by atoms with van der Waals surface area (Å²) in [4.78, 5) is 11.2. The Balaban J connectivity index is 2.48. The minimum Gasteiger partial charge on any atom is -0.289 e. The average Bonchev–Trinajstić information content (AvgIpc) is 2.06. The third-order valence-corrected chi connectivity index (χ3v) is 1.89. The standard InChI is InChI=1S/C10H8O/c11-10-7-3-5-8-4-1-2-6-9(8)10/h1-3,5-7H,4H2. The van der Waals surface area contributed by atoms with E-state index in [1.165, 1.54) is 0 Å². The molecule has 0 spiro atoms. The molecule has 0 aromatic rings. The Morgan fingerprint density at radius 2 is 2.09 bits per heavy atom. The fourth-order valence-electron chi connectivity index (χ4n) is 1.32. The monoisotopic (exact) mass is 144 g/mol. The molecule has 2 aliphatic rings. The molecule has 1 heteroatoms. The van der Waals surface area contributed by atoms with E-state index in [1.807, 2.05) is 24.3 Å². The first-order chi connectivity index (χ1) is 5.38. The molecule has 1 nitrogen and oxygen atoms in total. The van der Waals surface area contributed by atoms with Crippen LogP contribution in [0.25, 0.3) is 0 Å². The highest BCUT2D eigenvalue weighted by atomic mass is 16.1. The van der Waals surface area contributed by atoms with Gasteiger partial charge in [0.05, 0.1) is 0 Å². The SMILES string of the molecule is O=C1C=CC=C2CC=CC=C12. The molecule has 0 bridgehead atoms. The summed E-state index contributed by atoms with van der Waals surface area (Å²) in [7, 11) is 0. The number of allylic oxidation sites excluding steroid dienone is 8. The van der Waals surface area contributed by atoms with Crippen molar-refractivity contribution in [3.05, 3.63) is 47.6 Å². The molecular formula is C10H8O. The molecule has 54 valence electrons. The highest BCUT2D eigenvalue weighted by molar-refractivity contribution is 6.09. The lowest BCUT2D eigenvalue weighted by Gasteiger charge is -2.12. The van der Waals surface area contributed by atoms with Crippen LogP contribution in [-0.2, 0) is 4.79 Å². The number of ketones is 1. The van der Waals surface area contributed by atoms with E-state index in [1.54, 1.807) is 6.08 Å². The van der Waals surface area contributed by atoms with Crippen LogP contribution in [-0.4, -0.2) is 5.78 Å². The van der Waals surface area contributed by atoms with Crippen LogP contribution in [0.1, 0.15) is 6.42 Å². The van der Waals surface area contributed by atoms with E-state index in [-0.39, 0.29) is 5.78 Å². The van der Waals surface area contributed by atoms with Crippen molar-refractivity contribution in [2.75, 3.05) is 0 Å². The number of rotatable bonds is 0. The van der Waals surface area contributed by atoms with Gasteiger partial charge < -0.3 is 0 Å². The Morgan fingerprint density at radius 3 is 2.91 bits per heavy atom. The van der Waals surface area contributed by atoms with Crippen LogP contribution in [0.4, 0.5) is 0 Å². The van der Waals surface area contributed by atoms with Gasteiger partial charge in [0.25, 0.3) is 0 Å². The van der Waals surface area contributed by atoms with Gasteiger partial charge in [0.2, 0.25) is 0 Å². The molecule has 0 amide bonds. The molecule has 0 saturated heterocycles. The van der Waals surface area contributed by atoms with E-state index in [2.05, 4.69) is 6.08 Å². The molecule has 0 heterocycles. The topological polar surface area (TPSA) is 17.1 Å². The molecule has 2 aliphatic carbocycles. The van der Waals surface area contributed by atoms with Crippen LogP contribution in [0.15, 0.2) is 47.6 Å². The Kier molecular flexibility index (Phi) is 1.35. The van der Waals surface area contributed by atoms with Crippen LogP contribution in [0.3, 0.4) is 0 Å². The third-order valence-electron chi connectivity index (χ3n) is 1.89. The molecule has 11 heavy (non-hydrogen) atoms. The summed E-state index contributed by atoms with van der Waals surface area (Å²) in [5.41, 5.74) is 2.00. The summed E-state index contributed by atoms with van der Waals surface area (Å²) in [6.07, 6.45) is 12.2. The number of carbonyl (C=O) groups is 1. The zero-order chi connectivity index (χ0) is 7.68. The normalized spacial score (nSPS) is 20.9. The predicted octanol–water partition coefficient (Wildman–Crippen LogP) is 1.94. The molecule has 0 unspecified atom stereocenters. The number of hydrogen-bond acceptors (Lipinski definition) is 1. The van der Waals surface area contributed by atoms with Crippen molar-refractivity contribution in [2.24, 2.45) is 0 Å². The van der Waals surface area contributed by atoms with Crippen molar-refractivity contribution in [3.8, 4) is 0 Å². The smallest absolute Gasteiger partial charge is 0.186 e. The van der Waals surface area contributed by atoms with Crippen LogP contribution < -0.4 is 0 Å². The fraction of sp³-hybridized carbons (Fsp3) is 0.100.